The molecule has 3 rings (SSSR count). The molecule has 0 aliphatic rings. The summed E-state index contributed by atoms with van der Waals surface area (Å²) in [7, 11) is 1.60. The molecule has 0 saturated carbocycles. The van der Waals surface area contributed by atoms with Crippen LogP contribution in [-0.2, 0) is 11.3 Å². The quantitative estimate of drug-likeness (QED) is 0.616. The predicted molar refractivity (Wildman–Crippen MR) is 104 cm³/mol. The monoisotopic (exact) mass is 401 g/mol. The third-order valence-electron chi connectivity index (χ3n) is 4.00. The smallest absolute Gasteiger partial charge is 0.261 e. The van der Waals surface area contributed by atoms with Gasteiger partial charge in [0.2, 0.25) is 11.7 Å². The summed E-state index contributed by atoms with van der Waals surface area (Å²) in [6.07, 6.45) is -0.193. The minimum atomic E-state index is -0.677. The molecule has 2 aromatic carbocycles. The van der Waals surface area contributed by atoms with E-state index >= 15 is 0 Å². The number of nitrogens with one attached hydrogen (secondary N) is 1. The summed E-state index contributed by atoms with van der Waals surface area (Å²) in [4.78, 5) is 16.7. The molecular weight excluding hydrogens is 382 g/mol. The third-order valence-corrected chi connectivity index (χ3v) is 4.31. The van der Waals surface area contributed by atoms with Gasteiger partial charge < -0.3 is 19.3 Å². The number of rotatable bonds is 8. The normalized spacial score (nSPS) is 11.7. The van der Waals surface area contributed by atoms with Crippen molar-refractivity contribution in [2.45, 2.75) is 26.0 Å². The third kappa shape index (κ3) is 4.80. The summed E-state index contributed by atoms with van der Waals surface area (Å²) in [6, 6.07) is 14.3. The average Bonchev–Trinajstić information content (AvgIpc) is 3.20. The lowest BCUT2D eigenvalue weighted by Gasteiger charge is -2.17. The zero-order valence-electron chi connectivity index (χ0n) is 15.5. The van der Waals surface area contributed by atoms with Crippen molar-refractivity contribution in [3.8, 4) is 22.9 Å². The molecule has 0 fully saturated rings. The maximum atomic E-state index is 12.4. The number of carbonyl (C=O) groups is 1. The maximum Gasteiger partial charge on any atom is 0.261 e. The lowest BCUT2D eigenvalue weighted by atomic mass is 10.2. The number of methoxy groups -OCH3 is 1. The zero-order chi connectivity index (χ0) is 19.9. The average molecular weight is 402 g/mol. The van der Waals surface area contributed by atoms with Crippen LogP contribution in [0.4, 0.5) is 0 Å². The van der Waals surface area contributed by atoms with Crippen LogP contribution in [0, 0.1) is 0 Å². The molecule has 146 valence electrons. The lowest BCUT2D eigenvalue weighted by Crippen LogP contribution is -2.37. The Hall–Kier alpha value is -3.06. The Morgan fingerprint density at radius 2 is 1.96 bits per heavy atom. The van der Waals surface area contributed by atoms with Crippen LogP contribution in [0.1, 0.15) is 19.2 Å². The summed E-state index contributed by atoms with van der Waals surface area (Å²) in [5, 5.41) is 7.14. The molecule has 0 bridgehead atoms. The van der Waals surface area contributed by atoms with Gasteiger partial charge in [0.05, 0.1) is 18.7 Å². The van der Waals surface area contributed by atoms with Crippen LogP contribution in [0.2, 0.25) is 5.02 Å². The fraction of sp³-hybridized carbons (Fsp3) is 0.250. The molecule has 0 radical (unpaired) electrons. The second kappa shape index (κ2) is 9.23. The molecule has 1 atom stereocenters. The van der Waals surface area contributed by atoms with Gasteiger partial charge in [0.15, 0.2) is 6.10 Å². The van der Waals surface area contributed by atoms with Crippen molar-refractivity contribution in [2.24, 2.45) is 0 Å². The summed E-state index contributed by atoms with van der Waals surface area (Å²) in [5.74, 6) is 1.65. The molecule has 1 heterocycles. The van der Waals surface area contributed by atoms with Crippen molar-refractivity contribution >= 4 is 17.5 Å². The SMILES string of the molecule is CC[C@@H](Oc1ccccc1Cl)C(=O)NCc1nc(-c2ccc(OC)cc2)no1. The molecule has 0 aliphatic carbocycles. The number of halogens is 1. The number of hydrogen-bond acceptors (Lipinski definition) is 6. The van der Waals surface area contributed by atoms with E-state index in [1.165, 1.54) is 0 Å². The minimum Gasteiger partial charge on any atom is -0.497 e. The van der Waals surface area contributed by atoms with Gasteiger partial charge in [-0.2, -0.15) is 4.98 Å². The Balaban J connectivity index is 1.59. The zero-order valence-corrected chi connectivity index (χ0v) is 16.3. The Morgan fingerprint density at radius 3 is 2.64 bits per heavy atom. The first-order valence-corrected chi connectivity index (χ1v) is 9.14. The van der Waals surface area contributed by atoms with Gasteiger partial charge in [-0.15, -0.1) is 0 Å². The van der Waals surface area contributed by atoms with Crippen molar-refractivity contribution in [3.05, 3.63) is 59.4 Å². The van der Waals surface area contributed by atoms with Crippen LogP contribution in [0.25, 0.3) is 11.4 Å². The molecule has 8 heteroatoms. The second-order valence-corrected chi connectivity index (χ2v) is 6.31. The molecule has 7 nitrogen and oxygen atoms in total. The first-order chi connectivity index (χ1) is 13.6. The highest BCUT2D eigenvalue weighted by Crippen LogP contribution is 2.25. The summed E-state index contributed by atoms with van der Waals surface area (Å²) in [6.45, 7) is 1.96. The number of hydrogen-bond donors (Lipinski definition) is 1. The molecule has 1 aromatic heterocycles. The predicted octanol–water partition coefficient (Wildman–Crippen LogP) is 3.87. The van der Waals surface area contributed by atoms with Gasteiger partial charge in [-0.25, -0.2) is 0 Å². The Morgan fingerprint density at radius 1 is 1.21 bits per heavy atom. The van der Waals surface area contributed by atoms with Crippen LogP contribution in [0.15, 0.2) is 53.1 Å². The van der Waals surface area contributed by atoms with Crippen molar-refractivity contribution in [1.82, 2.24) is 15.5 Å². The van der Waals surface area contributed by atoms with Crippen LogP contribution in [0.3, 0.4) is 0 Å². The second-order valence-electron chi connectivity index (χ2n) is 5.90. The van der Waals surface area contributed by atoms with Gasteiger partial charge in [-0.05, 0) is 42.8 Å². The van der Waals surface area contributed by atoms with Crippen molar-refractivity contribution in [3.63, 3.8) is 0 Å². The highest BCUT2D eigenvalue weighted by atomic mass is 35.5. The summed E-state index contributed by atoms with van der Waals surface area (Å²) >= 11 is 6.09. The van der Waals surface area contributed by atoms with E-state index in [4.69, 9.17) is 25.6 Å². The molecule has 0 saturated heterocycles. The van der Waals surface area contributed by atoms with Gasteiger partial charge in [0.25, 0.3) is 5.91 Å². The van der Waals surface area contributed by atoms with Crippen molar-refractivity contribution < 1.29 is 18.8 Å². The molecule has 0 spiro atoms. The van der Waals surface area contributed by atoms with E-state index in [0.29, 0.717) is 28.9 Å². The van der Waals surface area contributed by atoms with Crippen molar-refractivity contribution in [2.75, 3.05) is 7.11 Å². The van der Waals surface area contributed by atoms with Crippen LogP contribution in [0.5, 0.6) is 11.5 Å². The lowest BCUT2D eigenvalue weighted by molar-refractivity contribution is -0.128. The highest BCUT2D eigenvalue weighted by molar-refractivity contribution is 6.32. The number of amides is 1. The van der Waals surface area contributed by atoms with Gasteiger partial charge in [0, 0.05) is 5.56 Å². The van der Waals surface area contributed by atoms with Crippen molar-refractivity contribution in [1.29, 1.82) is 0 Å². The Labute approximate surface area is 167 Å². The number of ether oxygens (including phenoxy) is 2. The van der Waals surface area contributed by atoms with Gasteiger partial charge >= 0.3 is 0 Å². The number of para-hydroxylation sites is 1. The Bertz CT molecular complexity index is 927. The molecule has 1 N–H and O–H groups in total. The minimum absolute atomic E-state index is 0.102. The van der Waals surface area contributed by atoms with E-state index in [9.17, 15) is 4.79 Å². The van der Waals surface area contributed by atoms with Crippen LogP contribution >= 0.6 is 11.6 Å². The maximum absolute atomic E-state index is 12.4. The molecule has 28 heavy (non-hydrogen) atoms. The molecule has 3 aromatic rings. The highest BCUT2D eigenvalue weighted by Gasteiger charge is 2.20. The molecular formula is C20H20ClN3O4. The summed E-state index contributed by atoms with van der Waals surface area (Å²) in [5.41, 5.74) is 0.788. The molecule has 0 unspecified atom stereocenters. The van der Waals surface area contributed by atoms with E-state index in [0.717, 1.165) is 11.3 Å². The number of carbonyl (C=O) groups excluding carboxylic acids is 1. The molecule has 1 amide bonds. The van der Waals surface area contributed by atoms with E-state index in [2.05, 4.69) is 15.5 Å². The van der Waals surface area contributed by atoms with E-state index in [-0.39, 0.29) is 12.5 Å². The number of aromatic nitrogens is 2. The van der Waals surface area contributed by atoms with Gasteiger partial charge in [0.1, 0.15) is 11.5 Å². The topological polar surface area (TPSA) is 86.5 Å². The molecule has 0 aliphatic heterocycles. The standard InChI is InChI=1S/C20H20ClN3O4/c1-3-16(27-17-7-5-4-6-15(17)21)20(25)22-12-18-23-19(24-28-18)13-8-10-14(26-2)11-9-13/h4-11,16H,3,12H2,1-2H3,(H,22,25)/t16-/m1/s1. The number of benzene rings is 2. The Kier molecular flexibility index (Phi) is 6.49. The van der Waals surface area contributed by atoms with Gasteiger partial charge in [-0.3, -0.25) is 4.79 Å². The summed E-state index contributed by atoms with van der Waals surface area (Å²) < 4.78 is 16.1. The van der Waals surface area contributed by atoms with Crippen LogP contribution < -0.4 is 14.8 Å². The van der Waals surface area contributed by atoms with E-state index in [1.54, 1.807) is 31.4 Å². The largest absolute Gasteiger partial charge is 0.497 e. The van der Waals surface area contributed by atoms with Crippen LogP contribution in [-0.4, -0.2) is 29.3 Å². The first-order valence-electron chi connectivity index (χ1n) is 8.76. The van der Waals surface area contributed by atoms with E-state index < -0.39 is 6.10 Å². The van der Waals surface area contributed by atoms with Gasteiger partial charge in [-0.1, -0.05) is 35.8 Å². The first kappa shape index (κ1) is 19.7. The van der Waals surface area contributed by atoms with E-state index in [1.807, 2.05) is 31.2 Å². The fourth-order valence-corrected chi connectivity index (χ4v) is 2.66. The number of nitrogens with zero attached hydrogens (tertiary/aromatic N) is 2. The fourth-order valence-electron chi connectivity index (χ4n) is 2.48.